The molecule has 2 rings (SSSR count). The maximum absolute atomic E-state index is 5.93. The number of hydrogen-bond donors (Lipinski definition) is 0. The molecule has 0 N–H and O–H groups in total. The molecular weight excluding hydrogens is 196 g/mol. The van der Waals surface area contributed by atoms with Crippen molar-refractivity contribution in [2.75, 3.05) is 0 Å². The number of benzene rings is 1. The van der Waals surface area contributed by atoms with Crippen molar-refractivity contribution in [1.29, 1.82) is 0 Å². The van der Waals surface area contributed by atoms with E-state index in [2.05, 4.69) is 32.0 Å². The fraction of sp³-hybridized carbons (Fsp3) is 0.600. The Morgan fingerprint density at radius 3 is 2.69 bits per heavy atom. The second-order valence-corrected chi connectivity index (χ2v) is 4.83. The van der Waals surface area contributed by atoms with Crippen LogP contribution >= 0.6 is 0 Å². The Balaban J connectivity index is 1.93. The van der Waals surface area contributed by atoms with Gasteiger partial charge in [0.2, 0.25) is 0 Å². The van der Waals surface area contributed by atoms with Crippen molar-refractivity contribution in [2.45, 2.75) is 58.7 Å². The fourth-order valence-corrected chi connectivity index (χ4v) is 2.46. The third kappa shape index (κ3) is 2.85. The van der Waals surface area contributed by atoms with Gasteiger partial charge in [-0.15, -0.1) is 0 Å². The summed E-state index contributed by atoms with van der Waals surface area (Å²) in [4.78, 5) is 0. The minimum Gasteiger partial charge on any atom is -0.374 e. The monoisotopic (exact) mass is 218 g/mol. The zero-order valence-electron chi connectivity index (χ0n) is 10.5. The molecule has 0 atom stereocenters. The van der Waals surface area contributed by atoms with Crippen molar-refractivity contribution >= 4 is 0 Å². The van der Waals surface area contributed by atoms with Gasteiger partial charge in [-0.2, -0.15) is 0 Å². The van der Waals surface area contributed by atoms with Crippen LogP contribution in [0.1, 0.15) is 49.3 Å². The third-order valence-corrected chi connectivity index (χ3v) is 3.58. The van der Waals surface area contributed by atoms with E-state index in [-0.39, 0.29) is 0 Å². The first-order valence-electron chi connectivity index (χ1n) is 6.49. The summed E-state index contributed by atoms with van der Waals surface area (Å²) in [6.07, 6.45) is 6.84. The molecule has 0 saturated heterocycles. The number of ether oxygens (including phenoxy) is 1. The summed E-state index contributed by atoms with van der Waals surface area (Å²) >= 11 is 0. The molecule has 0 aliphatic heterocycles. The highest BCUT2D eigenvalue weighted by atomic mass is 16.5. The summed E-state index contributed by atoms with van der Waals surface area (Å²) in [6.45, 7) is 5.18. The molecule has 1 heteroatoms. The average Bonchev–Trinajstić information content (AvgIpc) is 2.81. The lowest BCUT2D eigenvalue weighted by Gasteiger charge is -2.12. The molecule has 0 unspecified atom stereocenters. The van der Waals surface area contributed by atoms with Crippen molar-refractivity contribution in [3.05, 3.63) is 34.9 Å². The lowest BCUT2D eigenvalue weighted by Crippen LogP contribution is -2.07. The Morgan fingerprint density at radius 1 is 1.25 bits per heavy atom. The van der Waals surface area contributed by atoms with Crippen LogP contribution in [0, 0.1) is 6.92 Å². The van der Waals surface area contributed by atoms with E-state index in [1.807, 2.05) is 0 Å². The molecule has 0 radical (unpaired) electrons. The second-order valence-electron chi connectivity index (χ2n) is 4.83. The smallest absolute Gasteiger partial charge is 0.0720 e. The molecule has 0 amide bonds. The molecule has 1 nitrogen and oxygen atoms in total. The Kier molecular flexibility index (Phi) is 4.00. The normalized spacial score (nSPS) is 16.9. The third-order valence-electron chi connectivity index (χ3n) is 3.58. The Labute approximate surface area is 98.8 Å². The van der Waals surface area contributed by atoms with Gasteiger partial charge in [-0.25, -0.2) is 0 Å². The van der Waals surface area contributed by atoms with E-state index in [9.17, 15) is 0 Å². The minimum atomic E-state index is 0.520. The molecule has 1 aromatic carbocycles. The van der Waals surface area contributed by atoms with Crippen LogP contribution in [-0.4, -0.2) is 6.10 Å². The fourth-order valence-electron chi connectivity index (χ4n) is 2.46. The summed E-state index contributed by atoms with van der Waals surface area (Å²) in [5, 5.41) is 0. The minimum absolute atomic E-state index is 0.520. The van der Waals surface area contributed by atoms with Gasteiger partial charge in [0.25, 0.3) is 0 Å². The largest absolute Gasteiger partial charge is 0.374 e. The summed E-state index contributed by atoms with van der Waals surface area (Å²) in [7, 11) is 0. The zero-order valence-corrected chi connectivity index (χ0v) is 10.5. The molecule has 1 aliphatic carbocycles. The van der Waals surface area contributed by atoms with Crippen LogP contribution in [0.4, 0.5) is 0 Å². The second kappa shape index (κ2) is 5.49. The summed E-state index contributed by atoms with van der Waals surface area (Å²) < 4.78 is 5.93. The first kappa shape index (κ1) is 11.7. The van der Waals surface area contributed by atoms with Gasteiger partial charge in [-0.1, -0.05) is 38.0 Å². The van der Waals surface area contributed by atoms with Gasteiger partial charge in [-0.05, 0) is 42.9 Å². The lowest BCUT2D eigenvalue weighted by atomic mass is 10.0. The lowest BCUT2D eigenvalue weighted by molar-refractivity contribution is 0.0456. The predicted octanol–water partition coefficient (Wildman–Crippen LogP) is 4.02. The molecule has 1 aliphatic rings. The van der Waals surface area contributed by atoms with Crippen LogP contribution in [0.2, 0.25) is 0 Å². The van der Waals surface area contributed by atoms with Gasteiger partial charge in [0.1, 0.15) is 0 Å². The maximum Gasteiger partial charge on any atom is 0.0720 e. The van der Waals surface area contributed by atoms with Crippen LogP contribution in [0.3, 0.4) is 0 Å². The highest BCUT2D eigenvalue weighted by Gasteiger charge is 2.15. The highest BCUT2D eigenvalue weighted by Crippen LogP contribution is 2.22. The van der Waals surface area contributed by atoms with Crippen LogP contribution in [0.25, 0.3) is 0 Å². The Morgan fingerprint density at radius 2 is 2.00 bits per heavy atom. The molecule has 0 heterocycles. The van der Waals surface area contributed by atoms with Gasteiger partial charge in [0, 0.05) is 0 Å². The first-order chi connectivity index (χ1) is 7.79. The van der Waals surface area contributed by atoms with Crippen molar-refractivity contribution in [1.82, 2.24) is 0 Å². The van der Waals surface area contributed by atoms with Crippen LogP contribution < -0.4 is 0 Å². The molecular formula is C15H22O. The first-order valence-corrected chi connectivity index (χ1v) is 6.49. The molecule has 1 saturated carbocycles. The topological polar surface area (TPSA) is 9.23 Å². The van der Waals surface area contributed by atoms with E-state index >= 15 is 0 Å². The quantitative estimate of drug-likeness (QED) is 0.741. The predicted molar refractivity (Wildman–Crippen MR) is 67.6 cm³/mol. The van der Waals surface area contributed by atoms with Crippen LogP contribution in [-0.2, 0) is 17.8 Å². The van der Waals surface area contributed by atoms with E-state index in [0.717, 1.165) is 13.0 Å². The van der Waals surface area contributed by atoms with Crippen LogP contribution in [0.5, 0.6) is 0 Å². The summed E-state index contributed by atoms with van der Waals surface area (Å²) in [5.74, 6) is 0. The molecule has 16 heavy (non-hydrogen) atoms. The van der Waals surface area contributed by atoms with Crippen molar-refractivity contribution in [3.8, 4) is 0 Å². The maximum atomic E-state index is 5.93. The van der Waals surface area contributed by atoms with Crippen LogP contribution in [0.15, 0.2) is 18.2 Å². The van der Waals surface area contributed by atoms with E-state index < -0.39 is 0 Å². The Bertz CT molecular complexity index is 337. The molecule has 0 bridgehead atoms. The van der Waals surface area contributed by atoms with Crippen molar-refractivity contribution < 1.29 is 4.74 Å². The standard InChI is InChI=1S/C15H22O/c1-3-14-10-13(9-8-12(14)2)11-16-15-6-4-5-7-15/h8-10,15H,3-7,11H2,1-2H3. The molecule has 0 spiro atoms. The van der Waals surface area contributed by atoms with Gasteiger partial charge in [0.15, 0.2) is 0 Å². The SMILES string of the molecule is CCc1cc(COC2CCCC2)ccc1C. The zero-order chi connectivity index (χ0) is 11.4. The molecule has 88 valence electrons. The molecule has 0 aromatic heterocycles. The van der Waals surface area contributed by atoms with E-state index in [1.54, 1.807) is 0 Å². The highest BCUT2D eigenvalue weighted by molar-refractivity contribution is 5.30. The van der Waals surface area contributed by atoms with Gasteiger partial charge in [-0.3, -0.25) is 0 Å². The van der Waals surface area contributed by atoms with Crippen molar-refractivity contribution in [2.24, 2.45) is 0 Å². The number of hydrogen-bond acceptors (Lipinski definition) is 1. The van der Waals surface area contributed by atoms with Gasteiger partial charge in [0.05, 0.1) is 12.7 Å². The van der Waals surface area contributed by atoms with E-state index in [1.165, 1.54) is 42.4 Å². The number of rotatable bonds is 4. The van der Waals surface area contributed by atoms with Crippen molar-refractivity contribution in [3.63, 3.8) is 0 Å². The summed E-state index contributed by atoms with van der Waals surface area (Å²) in [5.41, 5.74) is 4.17. The van der Waals surface area contributed by atoms with Gasteiger partial charge < -0.3 is 4.74 Å². The van der Waals surface area contributed by atoms with E-state index in [4.69, 9.17) is 4.74 Å². The van der Waals surface area contributed by atoms with Gasteiger partial charge >= 0.3 is 0 Å². The molecule has 1 fully saturated rings. The van der Waals surface area contributed by atoms with E-state index in [0.29, 0.717) is 6.10 Å². The Hall–Kier alpha value is -0.820. The molecule has 1 aromatic rings. The number of aryl methyl sites for hydroxylation is 2. The summed E-state index contributed by atoms with van der Waals surface area (Å²) in [6, 6.07) is 6.71. The average molecular weight is 218 g/mol.